The molecular weight excluding hydrogens is 377 g/mol. The molecule has 0 amide bonds. The summed E-state index contributed by atoms with van der Waals surface area (Å²) in [5.41, 5.74) is 2.42. The van der Waals surface area contributed by atoms with Crippen molar-refractivity contribution in [1.29, 1.82) is 0 Å². The van der Waals surface area contributed by atoms with Crippen molar-refractivity contribution in [3.8, 4) is 0 Å². The van der Waals surface area contributed by atoms with E-state index >= 15 is 0 Å². The van der Waals surface area contributed by atoms with Crippen LogP contribution >= 0.6 is 24.0 Å². The van der Waals surface area contributed by atoms with Gasteiger partial charge in [-0.15, -0.1) is 24.0 Å². The first-order chi connectivity index (χ1) is 9.81. The Morgan fingerprint density at radius 3 is 2.67 bits per heavy atom. The van der Waals surface area contributed by atoms with Gasteiger partial charge in [0.1, 0.15) is 0 Å². The van der Waals surface area contributed by atoms with E-state index in [9.17, 15) is 0 Å². The normalized spacial score (nSPS) is 14.9. The van der Waals surface area contributed by atoms with Crippen molar-refractivity contribution < 1.29 is 4.74 Å². The minimum atomic E-state index is 0. The molecule has 116 valence electrons. The number of methoxy groups -OCH3 is 1. The number of halogens is 1. The Labute approximate surface area is 144 Å². The molecule has 0 saturated carbocycles. The largest absolute Gasteiger partial charge is 0.380 e. The summed E-state index contributed by atoms with van der Waals surface area (Å²) in [5.74, 6) is 0.857. The minimum Gasteiger partial charge on any atom is -0.380 e. The van der Waals surface area contributed by atoms with E-state index in [1.54, 1.807) is 14.2 Å². The molecule has 2 rings (SSSR count). The van der Waals surface area contributed by atoms with Crippen LogP contribution in [0.15, 0.2) is 41.4 Å². The molecule has 0 unspecified atom stereocenters. The molecule has 1 aliphatic carbocycles. The summed E-state index contributed by atoms with van der Waals surface area (Å²) in [4.78, 5) is 4.27. The van der Waals surface area contributed by atoms with Crippen LogP contribution in [0.1, 0.15) is 24.0 Å². The van der Waals surface area contributed by atoms with Gasteiger partial charge in [-0.3, -0.25) is 4.99 Å². The first-order valence-electron chi connectivity index (χ1n) is 7.00. The number of rotatable bonds is 5. The zero-order valence-corrected chi connectivity index (χ0v) is 15.0. The van der Waals surface area contributed by atoms with Crippen LogP contribution in [0.2, 0.25) is 0 Å². The quantitative estimate of drug-likeness (QED) is 0.345. The predicted molar refractivity (Wildman–Crippen MR) is 98.1 cm³/mol. The predicted octanol–water partition coefficient (Wildman–Crippen LogP) is 2.83. The SMILES string of the molecule is CN=C(NCc1cccc(COC)c1)NC1CC=CC1.I. The number of guanidine groups is 1. The highest BCUT2D eigenvalue weighted by Crippen LogP contribution is 2.09. The Hall–Kier alpha value is -1.08. The van der Waals surface area contributed by atoms with E-state index in [4.69, 9.17) is 4.74 Å². The van der Waals surface area contributed by atoms with Crippen LogP contribution in [0.4, 0.5) is 0 Å². The number of hydrogen-bond donors (Lipinski definition) is 2. The number of benzene rings is 1. The van der Waals surface area contributed by atoms with E-state index < -0.39 is 0 Å². The lowest BCUT2D eigenvalue weighted by molar-refractivity contribution is 0.185. The molecule has 0 radical (unpaired) electrons. The summed E-state index contributed by atoms with van der Waals surface area (Å²) < 4.78 is 5.15. The second-order valence-electron chi connectivity index (χ2n) is 4.96. The molecule has 0 aromatic heterocycles. The molecule has 0 fully saturated rings. The Morgan fingerprint density at radius 2 is 2.00 bits per heavy atom. The fourth-order valence-corrected chi connectivity index (χ4v) is 2.30. The fraction of sp³-hybridized carbons (Fsp3) is 0.438. The van der Waals surface area contributed by atoms with Crippen LogP contribution in [0, 0.1) is 0 Å². The number of ether oxygens (including phenoxy) is 1. The zero-order chi connectivity index (χ0) is 14.2. The third-order valence-corrected chi connectivity index (χ3v) is 3.33. The lowest BCUT2D eigenvalue weighted by Gasteiger charge is -2.17. The van der Waals surface area contributed by atoms with Crippen molar-refractivity contribution in [2.24, 2.45) is 4.99 Å². The van der Waals surface area contributed by atoms with Crippen molar-refractivity contribution >= 4 is 29.9 Å². The van der Waals surface area contributed by atoms with Crippen molar-refractivity contribution in [1.82, 2.24) is 10.6 Å². The highest BCUT2D eigenvalue weighted by Gasteiger charge is 2.11. The summed E-state index contributed by atoms with van der Waals surface area (Å²) in [7, 11) is 3.52. The van der Waals surface area contributed by atoms with E-state index in [0.29, 0.717) is 12.6 Å². The first-order valence-corrected chi connectivity index (χ1v) is 7.00. The third kappa shape index (κ3) is 6.05. The second-order valence-corrected chi connectivity index (χ2v) is 4.96. The van der Waals surface area contributed by atoms with E-state index in [1.165, 1.54) is 11.1 Å². The molecule has 0 aliphatic heterocycles. The molecule has 0 saturated heterocycles. The van der Waals surface area contributed by atoms with E-state index in [0.717, 1.165) is 25.3 Å². The molecule has 0 spiro atoms. The smallest absolute Gasteiger partial charge is 0.191 e. The molecule has 5 heteroatoms. The van der Waals surface area contributed by atoms with Gasteiger partial charge in [-0.1, -0.05) is 36.4 Å². The van der Waals surface area contributed by atoms with Gasteiger partial charge < -0.3 is 15.4 Å². The Balaban J connectivity index is 0.00000220. The molecule has 21 heavy (non-hydrogen) atoms. The summed E-state index contributed by atoms with van der Waals surface area (Å²) >= 11 is 0. The van der Waals surface area contributed by atoms with E-state index in [2.05, 4.69) is 52.0 Å². The van der Waals surface area contributed by atoms with Crippen LogP contribution in [-0.2, 0) is 17.9 Å². The average molecular weight is 401 g/mol. The monoisotopic (exact) mass is 401 g/mol. The van der Waals surface area contributed by atoms with Gasteiger partial charge in [0.25, 0.3) is 0 Å². The number of nitrogens with one attached hydrogen (secondary N) is 2. The Kier molecular flexibility index (Phi) is 8.37. The summed E-state index contributed by atoms with van der Waals surface area (Å²) in [6.45, 7) is 1.41. The number of hydrogen-bond acceptors (Lipinski definition) is 2. The van der Waals surface area contributed by atoms with Crippen LogP contribution < -0.4 is 10.6 Å². The van der Waals surface area contributed by atoms with Gasteiger partial charge in [-0.05, 0) is 24.0 Å². The van der Waals surface area contributed by atoms with Crippen molar-refractivity contribution in [3.63, 3.8) is 0 Å². The van der Waals surface area contributed by atoms with Gasteiger partial charge in [0.2, 0.25) is 0 Å². The van der Waals surface area contributed by atoms with Crippen LogP contribution in [0.25, 0.3) is 0 Å². The maximum Gasteiger partial charge on any atom is 0.191 e. The van der Waals surface area contributed by atoms with Crippen LogP contribution in [-0.4, -0.2) is 26.2 Å². The van der Waals surface area contributed by atoms with Crippen molar-refractivity contribution in [2.45, 2.75) is 32.0 Å². The molecule has 0 atom stereocenters. The van der Waals surface area contributed by atoms with Gasteiger partial charge in [-0.2, -0.15) is 0 Å². The highest BCUT2D eigenvalue weighted by atomic mass is 127. The molecule has 0 bridgehead atoms. The summed E-state index contributed by atoms with van der Waals surface area (Å²) in [5, 5.41) is 6.78. The summed E-state index contributed by atoms with van der Waals surface area (Å²) in [6.07, 6.45) is 6.56. The molecule has 1 aromatic rings. The number of aliphatic imine (C=N–C) groups is 1. The Bertz CT molecular complexity index is 480. The zero-order valence-electron chi connectivity index (χ0n) is 12.6. The molecule has 0 heterocycles. The van der Waals surface area contributed by atoms with Crippen molar-refractivity contribution in [3.05, 3.63) is 47.5 Å². The molecular formula is C16H24IN3O. The van der Waals surface area contributed by atoms with Crippen LogP contribution in [0.3, 0.4) is 0 Å². The average Bonchev–Trinajstić information content (AvgIpc) is 2.97. The molecule has 2 N–H and O–H groups in total. The first kappa shape index (κ1) is 18.0. The standard InChI is InChI=1S/C16H23N3O.HI/c1-17-16(19-15-8-3-4-9-15)18-11-13-6-5-7-14(10-13)12-20-2;/h3-7,10,15H,8-9,11-12H2,1-2H3,(H2,17,18,19);1H. The van der Waals surface area contributed by atoms with Crippen LogP contribution in [0.5, 0.6) is 0 Å². The molecule has 1 aromatic carbocycles. The fourth-order valence-electron chi connectivity index (χ4n) is 2.30. The topological polar surface area (TPSA) is 45.7 Å². The highest BCUT2D eigenvalue weighted by molar-refractivity contribution is 14.0. The van der Waals surface area contributed by atoms with Gasteiger partial charge >= 0.3 is 0 Å². The van der Waals surface area contributed by atoms with E-state index in [1.807, 2.05) is 0 Å². The van der Waals surface area contributed by atoms with Gasteiger partial charge in [-0.25, -0.2) is 0 Å². The summed E-state index contributed by atoms with van der Waals surface area (Å²) in [6, 6.07) is 8.87. The van der Waals surface area contributed by atoms with E-state index in [-0.39, 0.29) is 24.0 Å². The maximum absolute atomic E-state index is 5.15. The lowest BCUT2D eigenvalue weighted by Crippen LogP contribution is -2.42. The van der Waals surface area contributed by atoms with Crippen molar-refractivity contribution in [2.75, 3.05) is 14.2 Å². The van der Waals surface area contributed by atoms with Gasteiger partial charge in [0.05, 0.1) is 6.61 Å². The second kappa shape index (κ2) is 9.78. The molecule has 1 aliphatic rings. The van der Waals surface area contributed by atoms with Gasteiger partial charge in [0.15, 0.2) is 5.96 Å². The lowest BCUT2D eigenvalue weighted by atomic mass is 10.1. The molecule has 4 nitrogen and oxygen atoms in total. The third-order valence-electron chi connectivity index (χ3n) is 3.33. The minimum absolute atomic E-state index is 0. The Morgan fingerprint density at radius 1 is 1.29 bits per heavy atom. The maximum atomic E-state index is 5.15. The van der Waals surface area contributed by atoms with Gasteiger partial charge in [0, 0.05) is 26.7 Å². The number of nitrogens with zero attached hydrogens (tertiary/aromatic N) is 1.